The minimum atomic E-state index is -0.886. The van der Waals surface area contributed by atoms with E-state index >= 15 is 0 Å². The molecule has 0 bridgehead atoms. The van der Waals surface area contributed by atoms with Gasteiger partial charge in [0.2, 0.25) is 5.95 Å². The first-order valence-corrected chi connectivity index (χ1v) is 10.8. The molecule has 10 heteroatoms. The summed E-state index contributed by atoms with van der Waals surface area (Å²) in [6.07, 6.45) is 4.39. The fourth-order valence-electron chi connectivity index (χ4n) is 4.05. The summed E-state index contributed by atoms with van der Waals surface area (Å²) < 4.78 is 2.10. The molecule has 1 atom stereocenters. The SMILES string of the molecule is CC(C)n1cnc2cnc(Nc3ccnc(N4CCN(C(=O)O)C(C(C)(C)C)C4)n3)cc21. The molecule has 32 heavy (non-hydrogen) atoms. The number of nitrogens with one attached hydrogen (secondary N) is 1. The third-order valence-corrected chi connectivity index (χ3v) is 5.83. The van der Waals surface area contributed by atoms with Crippen LogP contribution in [0.3, 0.4) is 0 Å². The van der Waals surface area contributed by atoms with Crippen LogP contribution in [0.2, 0.25) is 0 Å². The molecule has 170 valence electrons. The van der Waals surface area contributed by atoms with Crippen molar-refractivity contribution in [3.05, 3.63) is 30.9 Å². The van der Waals surface area contributed by atoms with E-state index in [2.05, 4.69) is 64.4 Å². The molecule has 4 heterocycles. The molecular formula is C22H30N8O2. The van der Waals surface area contributed by atoms with Crippen molar-refractivity contribution in [2.45, 2.75) is 46.7 Å². The van der Waals surface area contributed by atoms with E-state index in [-0.39, 0.29) is 11.5 Å². The van der Waals surface area contributed by atoms with Crippen LogP contribution in [0, 0.1) is 5.41 Å². The Labute approximate surface area is 187 Å². The van der Waals surface area contributed by atoms with Gasteiger partial charge in [0, 0.05) is 37.9 Å². The van der Waals surface area contributed by atoms with Gasteiger partial charge in [0.15, 0.2) is 0 Å². The van der Waals surface area contributed by atoms with E-state index in [4.69, 9.17) is 0 Å². The zero-order valence-corrected chi connectivity index (χ0v) is 19.1. The lowest BCUT2D eigenvalue weighted by Gasteiger charge is -2.45. The quantitative estimate of drug-likeness (QED) is 0.633. The van der Waals surface area contributed by atoms with Crippen LogP contribution in [-0.2, 0) is 0 Å². The van der Waals surface area contributed by atoms with Gasteiger partial charge in [-0.2, -0.15) is 4.98 Å². The van der Waals surface area contributed by atoms with Crippen molar-refractivity contribution >= 4 is 34.7 Å². The number of anilines is 3. The van der Waals surface area contributed by atoms with Gasteiger partial charge in [0.1, 0.15) is 17.2 Å². The summed E-state index contributed by atoms with van der Waals surface area (Å²) in [7, 11) is 0. The first-order chi connectivity index (χ1) is 15.1. The fraction of sp³-hybridized carbons (Fsp3) is 0.500. The number of nitrogens with zero attached hydrogens (tertiary/aromatic N) is 7. The Morgan fingerprint density at radius 2 is 1.97 bits per heavy atom. The van der Waals surface area contributed by atoms with Crippen molar-refractivity contribution in [2.24, 2.45) is 5.41 Å². The highest BCUT2D eigenvalue weighted by atomic mass is 16.4. The number of rotatable bonds is 4. The summed E-state index contributed by atoms with van der Waals surface area (Å²) in [6.45, 7) is 11.9. The molecule has 2 N–H and O–H groups in total. The second-order valence-corrected chi connectivity index (χ2v) is 9.47. The number of hydrogen-bond donors (Lipinski definition) is 2. The monoisotopic (exact) mass is 438 g/mol. The molecule has 0 saturated carbocycles. The molecule has 1 unspecified atom stereocenters. The van der Waals surface area contributed by atoms with Crippen LogP contribution in [-0.4, -0.2) is 66.3 Å². The Morgan fingerprint density at radius 1 is 1.19 bits per heavy atom. The number of aromatic nitrogens is 5. The maximum atomic E-state index is 11.7. The summed E-state index contributed by atoms with van der Waals surface area (Å²) in [5, 5.41) is 12.9. The number of imidazole rings is 1. The molecule has 0 spiro atoms. The number of pyridine rings is 1. The van der Waals surface area contributed by atoms with E-state index in [1.165, 1.54) is 4.90 Å². The van der Waals surface area contributed by atoms with Crippen LogP contribution in [0.15, 0.2) is 30.9 Å². The number of carbonyl (C=O) groups is 1. The Balaban J connectivity index is 1.56. The molecule has 0 aromatic carbocycles. The number of piperazine rings is 1. The van der Waals surface area contributed by atoms with Gasteiger partial charge in [-0.3, -0.25) is 0 Å². The van der Waals surface area contributed by atoms with Gasteiger partial charge in [-0.1, -0.05) is 20.8 Å². The van der Waals surface area contributed by atoms with Crippen molar-refractivity contribution in [2.75, 3.05) is 29.9 Å². The molecule has 1 fully saturated rings. The van der Waals surface area contributed by atoms with Crippen molar-refractivity contribution in [1.82, 2.24) is 29.4 Å². The molecule has 1 amide bonds. The van der Waals surface area contributed by atoms with E-state index in [1.54, 1.807) is 18.5 Å². The van der Waals surface area contributed by atoms with Gasteiger partial charge in [-0.05, 0) is 25.3 Å². The summed E-state index contributed by atoms with van der Waals surface area (Å²) >= 11 is 0. The average Bonchev–Trinajstić information content (AvgIpc) is 3.16. The normalized spacial score (nSPS) is 17.2. The average molecular weight is 439 g/mol. The predicted molar refractivity (Wildman–Crippen MR) is 123 cm³/mol. The molecule has 1 aliphatic rings. The van der Waals surface area contributed by atoms with Gasteiger partial charge in [-0.15, -0.1) is 0 Å². The molecule has 1 saturated heterocycles. The van der Waals surface area contributed by atoms with Crippen molar-refractivity contribution in [3.63, 3.8) is 0 Å². The second kappa shape index (κ2) is 8.25. The highest BCUT2D eigenvalue weighted by Crippen LogP contribution is 2.29. The molecule has 3 aromatic heterocycles. The zero-order chi connectivity index (χ0) is 23.0. The lowest BCUT2D eigenvalue weighted by Crippen LogP contribution is -2.59. The van der Waals surface area contributed by atoms with Gasteiger partial charge in [0.25, 0.3) is 0 Å². The highest BCUT2D eigenvalue weighted by molar-refractivity contribution is 5.78. The van der Waals surface area contributed by atoms with Gasteiger partial charge < -0.3 is 24.8 Å². The zero-order valence-electron chi connectivity index (χ0n) is 19.1. The van der Waals surface area contributed by atoms with E-state index in [0.717, 1.165) is 11.0 Å². The second-order valence-electron chi connectivity index (χ2n) is 9.47. The third-order valence-electron chi connectivity index (χ3n) is 5.83. The third kappa shape index (κ3) is 4.30. The fourth-order valence-corrected chi connectivity index (χ4v) is 4.05. The van der Waals surface area contributed by atoms with Gasteiger partial charge in [-0.25, -0.2) is 19.7 Å². The molecule has 0 aliphatic carbocycles. The molecular weight excluding hydrogens is 408 g/mol. The molecule has 0 radical (unpaired) electrons. The van der Waals surface area contributed by atoms with Crippen LogP contribution in [0.1, 0.15) is 40.7 Å². The van der Waals surface area contributed by atoms with Gasteiger partial charge in [0.05, 0.1) is 24.1 Å². The lowest BCUT2D eigenvalue weighted by molar-refractivity contribution is 0.0745. The topological polar surface area (TPSA) is 112 Å². The Kier molecular flexibility index (Phi) is 5.62. The minimum Gasteiger partial charge on any atom is -0.465 e. The van der Waals surface area contributed by atoms with Crippen LogP contribution >= 0.6 is 0 Å². The first-order valence-electron chi connectivity index (χ1n) is 10.8. The van der Waals surface area contributed by atoms with Crippen LogP contribution in [0.25, 0.3) is 11.0 Å². The van der Waals surface area contributed by atoms with E-state index in [0.29, 0.717) is 43.3 Å². The van der Waals surface area contributed by atoms with Crippen LogP contribution in [0.4, 0.5) is 22.4 Å². The van der Waals surface area contributed by atoms with Crippen molar-refractivity contribution < 1.29 is 9.90 Å². The highest BCUT2D eigenvalue weighted by Gasteiger charge is 2.38. The van der Waals surface area contributed by atoms with Crippen LogP contribution < -0.4 is 10.2 Å². The Morgan fingerprint density at radius 3 is 2.66 bits per heavy atom. The van der Waals surface area contributed by atoms with E-state index < -0.39 is 6.09 Å². The molecule has 4 rings (SSSR count). The maximum Gasteiger partial charge on any atom is 0.407 e. The minimum absolute atomic E-state index is 0.158. The molecule has 3 aromatic rings. The predicted octanol–water partition coefficient (Wildman–Crippen LogP) is 3.76. The first kappa shape index (κ1) is 21.8. The summed E-state index contributed by atoms with van der Waals surface area (Å²) in [6, 6.07) is 3.89. The lowest BCUT2D eigenvalue weighted by atomic mass is 9.84. The number of fused-ring (bicyclic) bond motifs is 1. The maximum absolute atomic E-state index is 11.7. The molecule has 10 nitrogen and oxygen atoms in total. The summed E-state index contributed by atoms with van der Waals surface area (Å²) in [5.41, 5.74) is 1.65. The smallest absolute Gasteiger partial charge is 0.407 e. The van der Waals surface area contributed by atoms with Crippen LogP contribution in [0.5, 0.6) is 0 Å². The van der Waals surface area contributed by atoms with E-state index in [1.807, 2.05) is 17.3 Å². The largest absolute Gasteiger partial charge is 0.465 e. The number of amides is 1. The summed E-state index contributed by atoms with van der Waals surface area (Å²) in [5.74, 6) is 1.88. The van der Waals surface area contributed by atoms with Crippen molar-refractivity contribution in [3.8, 4) is 0 Å². The Bertz CT molecular complexity index is 1120. The Hall–Kier alpha value is -3.43. The standard InChI is InChI=1S/C22H30N8O2/c1-14(2)30-13-25-15-11-24-19(10-16(15)30)26-18-6-7-23-20(27-18)28-8-9-29(21(31)32)17(12-28)22(3,4)5/h6-7,10-11,13-14,17H,8-9,12H2,1-5H3,(H,31,32)(H,23,24,26,27). The summed E-state index contributed by atoms with van der Waals surface area (Å²) in [4.78, 5) is 33.3. The van der Waals surface area contributed by atoms with Crippen molar-refractivity contribution in [1.29, 1.82) is 0 Å². The van der Waals surface area contributed by atoms with E-state index in [9.17, 15) is 9.90 Å². The van der Waals surface area contributed by atoms with Gasteiger partial charge >= 0.3 is 6.09 Å². The molecule has 1 aliphatic heterocycles. The number of carboxylic acid groups (broad SMARTS) is 1. The number of hydrogen-bond acceptors (Lipinski definition) is 7.